The number of aryl methyl sites for hydroxylation is 1. The van der Waals surface area contributed by atoms with Crippen LogP contribution in [0.25, 0.3) is 16.8 Å². The van der Waals surface area contributed by atoms with Crippen LogP contribution in [0, 0.1) is 18.3 Å². The number of hydrogen-bond donors (Lipinski definition) is 1. The lowest BCUT2D eigenvalue weighted by Crippen LogP contribution is -2.13. The van der Waals surface area contributed by atoms with Crippen LogP contribution in [0.1, 0.15) is 16.7 Å². The minimum Gasteiger partial charge on any atom is -0.489 e. The molecule has 0 aliphatic carbocycles. The van der Waals surface area contributed by atoms with Crippen LogP contribution in [-0.4, -0.2) is 5.91 Å². The van der Waals surface area contributed by atoms with Gasteiger partial charge in [0.2, 0.25) is 0 Å². The van der Waals surface area contributed by atoms with E-state index in [9.17, 15) is 10.1 Å². The van der Waals surface area contributed by atoms with Gasteiger partial charge in [0, 0.05) is 5.69 Å². The zero-order chi connectivity index (χ0) is 22.3. The maximum absolute atomic E-state index is 12.5. The molecule has 4 heteroatoms. The highest BCUT2D eigenvalue weighted by Gasteiger charge is 2.10. The Bertz CT molecular complexity index is 1330. The lowest BCUT2D eigenvalue weighted by molar-refractivity contribution is -0.112. The highest BCUT2D eigenvalue weighted by Crippen LogP contribution is 2.22. The van der Waals surface area contributed by atoms with Crippen molar-refractivity contribution in [3.63, 3.8) is 0 Å². The predicted octanol–water partition coefficient (Wildman–Crippen LogP) is 6.27. The number of nitrogens with zero attached hydrogens (tertiary/aromatic N) is 1. The average molecular weight is 418 g/mol. The van der Waals surface area contributed by atoms with Gasteiger partial charge >= 0.3 is 0 Å². The molecule has 0 aliphatic heterocycles. The van der Waals surface area contributed by atoms with Crippen LogP contribution < -0.4 is 10.1 Å². The molecule has 0 saturated heterocycles. The number of carbonyl (C=O) groups excluding carboxylic acids is 1. The van der Waals surface area contributed by atoms with Gasteiger partial charge in [0.1, 0.15) is 24.0 Å². The molecule has 0 spiro atoms. The molecule has 0 heterocycles. The summed E-state index contributed by atoms with van der Waals surface area (Å²) < 4.78 is 6.01. The van der Waals surface area contributed by atoms with Gasteiger partial charge in [0.25, 0.3) is 5.91 Å². The summed E-state index contributed by atoms with van der Waals surface area (Å²) in [7, 11) is 0. The Labute approximate surface area is 187 Å². The van der Waals surface area contributed by atoms with Gasteiger partial charge in [-0.1, -0.05) is 72.3 Å². The summed E-state index contributed by atoms with van der Waals surface area (Å²) in [4.78, 5) is 12.5. The van der Waals surface area contributed by atoms with Crippen molar-refractivity contribution in [2.75, 3.05) is 5.32 Å². The molecular formula is C28H22N2O2. The van der Waals surface area contributed by atoms with Crippen LogP contribution in [0.3, 0.4) is 0 Å². The molecule has 156 valence electrons. The van der Waals surface area contributed by atoms with Crippen LogP contribution in [0.15, 0.2) is 96.6 Å². The van der Waals surface area contributed by atoms with Crippen molar-refractivity contribution in [1.82, 2.24) is 0 Å². The SMILES string of the molecule is Cc1ccc(NC(=O)/C(C#N)=C\c2cccc(OCc3cccc4ccccc34)c2)cc1. The van der Waals surface area contributed by atoms with Crippen LogP contribution in [0.5, 0.6) is 5.75 Å². The third kappa shape index (κ3) is 5.03. The van der Waals surface area contributed by atoms with Gasteiger partial charge in [-0.15, -0.1) is 0 Å². The van der Waals surface area contributed by atoms with Crippen molar-refractivity contribution in [2.24, 2.45) is 0 Å². The highest BCUT2D eigenvalue weighted by molar-refractivity contribution is 6.09. The highest BCUT2D eigenvalue weighted by atomic mass is 16.5. The van der Waals surface area contributed by atoms with E-state index in [0.717, 1.165) is 22.1 Å². The van der Waals surface area contributed by atoms with E-state index in [1.807, 2.05) is 79.7 Å². The Morgan fingerprint density at radius 2 is 1.72 bits per heavy atom. The number of rotatable bonds is 6. The summed E-state index contributed by atoms with van der Waals surface area (Å²) in [6, 6.07) is 31.1. The number of hydrogen-bond acceptors (Lipinski definition) is 3. The number of benzene rings is 4. The van der Waals surface area contributed by atoms with Gasteiger partial charge in [-0.2, -0.15) is 5.26 Å². The number of carbonyl (C=O) groups is 1. The first kappa shape index (κ1) is 20.9. The molecule has 4 aromatic carbocycles. The Hall–Kier alpha value is -4.36. The summed E-state index contributed by atoms with van der Waals surface area (Å²) in [5.41, 5.74) is 3.58. The number of anilines is 1. The maximum atomic E-state index is 12.5. The Morgan fingerprint density at radius 3 is 2.53 bits per heavy atom. The molecule has 4 aromatic rings. The van der Waals surface area contributed by atoms with Crippen molar-refractivity contribution in [3.05, 3.63) is 113 Å². The van der Waals surface area contributed by atoms with E-state index in [0.29, 0.717) is 18.0 Å². The molecule has 0 fully saturated rings. The van der Waals surface area contributed by atoms with Crippen LogP contribution >= 0.6 is 0 Å². The van der Waals surface area contributed by atoms with Crippen molar-refractivity contribution < 1.29 is 9.53 Å². The van der Waals surface area contributed by atoms with Crippen molar-refractivity contribution in [3.8, 4) is 11.8 Å². The molecule has 4 rings (SSSR count). The average Bonchev–Trinajstić information content (AvgIpc) is 2.83. The normalized spacial score (nSPS) is 11.1. The summed E-state index contributed by atoms with van der Waals surface area (Å²) >= 11 is 0. The fourth-order valence-electron chi connectivity index (χ4n) is 3.42. The first-order valence-corrected chi connectivity index (χ1v) is 10.3. The van der Waals surface area contributed by atoms with Gasteiger partial charge in [-0.3, -0.25) is 4.79 Å². The Balaban J connectivity index is 1.48. The second-order valence-electron chi connectivity index (χ2n) is 7.49. The molecule has 0 bridgehead atoms. The largest absolute Gasteiger partial charge is 0.489 e. The molecule has 0 aliphatic rings. The summed E-state index contributed by atoms with van der Waals surface area (Å²) in [5, 5.41) is 14.6. The predicted molar refractivity (Wildman–Crippen MR) is 128 cm³/mol. The minimum absolute atomic E-state index is 0.0248. The molecule has 0 saturated carbocycles. The molecular weight excluding hydrogens is 396 g/mol. The van der Waals surface area contributed by atoms with E-state index < -0.39 is 5.91 Å². The third-order valence-corrected chi connectivity index (χ3v) is 5.12. The molecule has 0 radical (unpaired) electrons. The molecule has 32 heavy (non-hydrogen) atoms. The number of amides is 1. The number of nitriles is 1. The molecule has 0 aromatic heterocycles. The van der Waals surface area contributed by atoms with Crippen molar-refractivity contribution in [2.45, 2.75) is 13.5 Å². The summed E-state index contributed by atoms with van der Waals surface area (Å²) in [5.74, 6) is 0.223. The topological polar surface area (TPSA) is 62.1 Å². The second kappa shape index (κ2) is 9.63. The quantitative estimate of drug-likeness (QED) is 0.296. The lowest BCUT2D eigenvalue weighted by Gasteiger charge is -2.10. The zero-order valence-electron chi connectivity index (χ0n) is 17.7. The van der Waals surface area contributed by atoms with Gasteiger partial charge in [0.15, 0.2) is 0 Å². The first-order valence-electron chi connectivity index (χ1n) is 10.3. The van der Waals surface area contributed by atoms with Crippen LogP contribution in [0.2, 0.25) is 0 Å². The number of fused-ring (bicyclic) bond motifs is 1. The number of ether oxygens (including phenoxy) is 1. The van der Waals surface area contributed by atoms with Gasteiger partial charge in [-0.05, 0) is 59.2 Å². The standard InChI is InChI=1S/C28H22N2O2/c1-20-12-14-25(15-13-20)30-28(31)24(18-29)16-21-6-4-10-26(17-21)32-19-23-9-5-8-22-7-2-3-11-27(22)23/h2-17H,19H2,1H3,(H,30,31)/b24-16-. The van der Waals surface area contributed by atoms with E-state index in [-0.39, 0.29) is 5.57 Å². The first-order chi connectivity index (χ1) is 15.6. The van der Waals surface area contributed by atoms with Gasteiger partial charge < -0.3 is 10.1 Å². The number of nitrogens with one attached hydrogen (secondary N) is 1. The van der Waals surface area contributed by atoms with Gasteiger partial charge in [0.05, 0.1) is 0 Å². The Kier molecular flexibility index (Phi) is 6.29. The van der Waals surface area contributed by atoms with E-state index in [1.54, 1.807) is 6.08 Å². The van der Waals surface area contributed by atoms with E-state index in [2.05, 4.69) is 29.6 Å². The monoisotopic (exact) mass is 418 g/mol. The van der Waals surface area contributed by atoms with E-state index >= 15 is 0 Å². The molecule has 0 unspecified atom stereocenters. The summed E-state index contributed by atoms with van der Waals surface area (Å²) in [6.07, 6.45) is 1.56. The molecule has 4 nitrogen and oxygen atoms in total. The zero-order valence-corrected chi connectivity index (χ0v) is 17.7. The molecule has 1 amide bonds. The molecule has 0 atom stereocenters. The van der Waals surface area contributed by atoms with Crippen LogP contribution in [0.4, 0.5) is 5.69 Å². The Morgan fingerprint density at radius 1 is 0.969 bits per heavy atom. The van der Waals surface area contributed by atoms with Gasteiger partial charge in [-0.25, -0.2) is 0 Å². The molecule has 1 N–H and O–H groups in total. The summed E-state index contributed by atoms with van der Waals surface area (Å²) in [6.45, 7) is 2.40. The maximum Gasteiger partial charge on any atom is 0.266 e. The van der Waals surface area contributed by atoms with E-state index in [4.69, 9.17) is 4.74 Å². The van der Waals surface area contributed by atoms with Crippen molar-refractivity contribution in [1.29, 1.82) is 5.26 Å². The van der Waals surface area contributed by atoms with Crippen LogP contribution in [-0.2, 0) is 11.4 Å². The second-order valence-corrected chi connectivity index (χ2v) is 7.49. The van der Waals surface area contributed by atoms with Crippen molar-refractivity contribution >= 4 is 28.4 Å². The lowest BCUT2D eigenvalue weighted by atomic mass is 10.1. The third-order valence-electron chi connectivity index (χ3n) is 5.12. The van der Waals surface area contributed by atoms with E-state index in [1.165, 1.54) is 5.39 Å². The smallest absolute Gasteiger partial charge is 0.266 e. The fourth-order valence-corrected chi connectivity index (χ4v) is 3.42. The fraction of sp³-hybridized carbons (Fsp3) is 0.0714. The minimum atomic E-state index is -0.446.